The van der Waals surface area contributed by atoms with Crippen LogP contribution in [0, 0.1) is 17.7 Å². The van der Waals surface area contributed by atoms with Crippen molar-refractivity contribution in [2.75, 3.05) is 5.73 Å². The lowest BCUT2D eigenvalue weighted by atomic mass is 10.1. The molecule has 44 heavy (non-hydrogen) atoms. The van der Waals surface area contributed by atoms with E-state index in [2.05, 4.69) is 27.2 Å². The number of fused-ring (bicyclic) bond motifs is 1. The zero-order valence-corrected chi connectivity index (χ0v) is 24.0. The first-order chi connectivity index (χ1) is 21.2. The molecule has 3 aromatic heterocycles. The highest BCUT2D eigenvalue weighted by Gasteiger charge is 2.22. The molecule has 0 aliphatic heterocycles. The predicted octanol–water partition coefficient (Wildman–Crippen LogP) is 4.55. The minimum atomic E-state index is -3.94. The number of imidazole rings is 1. The lowest BCUT2D eigenvalue weighted by Crippen LogP contribution is -2.23. The summed E-state index contributed by atoms with van der Waals surface area (Å²) >= 11 is 0. The minimum Gasteiger partial charge on any atom is -0.399 e. The van der Waals surface area contributed by atoms with Gasteiger partial charge in [-0.25, -0.2) is 22.5 Å². The first kappa shape index (κ1) is 28.4. The molecule has 6 aromatic rings. The van der Waals surface area contributed by atoms with Gasteiger partial charge in [0, 0.05) is 53.7 Å². The molecule has 1 amide bonds. The summed E-state index contributed by atoms with van der Waals surface area (Å²) in [4.78, 5) is 17.3. The van der Waals surface area contributed by atoms with E-state index in [9.17, 15) is 17.6 Å². The smallest absolute Gasteiger partial charge is 0.251 e. The highest BCUT2D eigenvalue weighted by molar-refractivity contribution is 7.90. The Balaban J connectivity index is 1.28. The second-order valence-electron chi connectivity index (χ2n) is 9.98. The third kappa shape index (κ3) is 6.35. The van der Waals surface area contributed by atoms with Gasteiger partial charge in [-0.05, 0) is 90.5 Å². The van der Waals surface area contributed by atoms with Crippen molar-refractivity contribution in [1.29, 1.82) is 0 Å². The van der Waals surface area contributed by atoms with Crippen molar-refractivity contribution < 1.29 is 17.6 Å². The standard InChI is InChI=1S/C33H25FN6O3S/c34-27-6-2-23(3-7-27)1-4-25-20-26(33(41)37-21-24-13-16-39-18-15-36-32(39)19-24)5-12-31(25)44(42,43)22-29-14-17-40(38-29)30-10-8-28(35)9-11-30/h2-3,5-20H,21-22,35H2,(H,37,41). The predicted molar refractivity (Wildman–Crippen MR) is 164 cm³/mol. The normalized spacial score (nSPS) is 11.2. The number of sulfone groups is 1. The number of nitrogens with one attached hydrogen (secondary N) is 1. The number of carbonyl (C=O) groups is 1. The molecule has 9 nitrogen and oxygen atoms in total. The van der Waals surface area contributed by atoms with Crippen LogP contribution in [0.4, 0.5) is 10.1 Å². The second-order valence-corrected chi connectivity index (χ2v) is 11.9. The number of nitrogen functional groups attached to an aromatic ring is 1. The van der Waals surface area contributed by atoms with E-state index >= 15 is 0 Å². The molecule has 3 N–H and O–H groups in total. The van der Waals surface area contributed by atoms with Crippen LogP contribution in [0.2, 0.25) is 0 Å². The van der Waals surface area contributed by atoms with E-state index in [0.29, 0.717) is 16.9 Å². The van der Waals surface area contributed by atoms with Crippen molar-refractivity contribution in [3.05, 3.63) is 143 Å². The van der Waals surface area contributed by atoms with Crippen LogP contribution in [0.25, 0.3) is 11.3 Å². The number of benzene rings is 3. The topological polar surface area (TPSA) is 124 Å². The van der Waals surface area contributed by atoms with E-state index in [-0.39, 0.29) is 28.3 Å². The number of nitrogens with zero attached hydrogens (tertiary/aromatic N) is 4. The number of hydrogen-bond donors (Lipinski definition) is 2. The number of halogens is 1. The maximum absolute atomic E-state index is 13.7. The van der Waals surface area contributed by atoms with Crippen LogP contribution in [0.3, 0.4) is 0 Å². The highest BCUT2D eigenvalue weighted by atomic mass is 32.2. The molecule has 0 bridgehead atoms. The monoisotopic (exact) mass is 604 g/mol. The van der Waals surface area contributed by atoms with Gasteiger partial charge in [0.05, 0.1) is 22.0 Å². The van der Waals surface area contributed by atoms with Gasteiger partial charge in [0.2, 0.25) is 0 Å². The summed E-state index contributed by atoms with van der Waals surface area (Å²) in [5, 5.41) is 7.29. The van der Waals surface area contributed by atoms with E-state index in [1.54, 1.807) is 47.4 Å². The first-order valence-electron chi connectivity index (χ1n) is 13.5. The van der Waals surface area contributed by atoms with Gasteiger partial charge in [0.25, 0.3) is 5.91 Å². The summed E-state index contributed by atoms with van der Waals surface area (Å²) in [7, 11) is -3.94. The lowest BCUT2D eigenvalue weighted by Gasteiger charge is -2.10. The highest BCUT2D eigenvalue weighted by Crippen LogP contribution is 2.22. The van der Waals surface area contributed by atoms with Crippen LogP contribution in [0.1, 0.15) is 32.7 Å². The molecule has 11 heteroatoms. The maximum atomic E-state index is 13.7. The average Bonchev–Trinajstić information content (AvgIpc) is 3.69. The second kappa shape index (κ2) is 11.9. The van der Waals surface area contributed by atoms with E-state index in [1.165, 1.54) is 42.5 Å². The molecule has 3 heterocycles. The zero-order valence-electron chi connectivity index (χ0n) is 23.2. The van der Waals surface area contributed by atoms with Gasteiger partial charge in [0.1, 0.15) is 11.5 Å². The number of nitrogens with two attached hydrogens (primary N) is 1. The van der Waals surface area contributed by atoms with Crippen molar-refractivity contribution in [1.82, 2.24) is 24.5 Å². The quantitative estimate of drug-likeness (QED) is 0.204. The first-order valence-corrected chi connectivity index (χ1v) is 15.1. The summed E-state index contributed by atoms with van der Waals surface area (Å²) in [6.45, 7) is 0.246. The van der Waals surface area contributed by atoms with E-state index in [0.717, 1.165) is 16.9 Å². The molecule has 0 spiro atoms. The van der Waals surface area contributed by atoms with Gasteiger partial charge < -0.3 is 15.5 Å². The van der Waals surface area contributed by atoms with Crippen molar-refractivity contribution in [3.63, 3.8) is 0 Å². The van der Waals surface area contributed by atoms with Gasteiger partial charge in [-0.15, -0.1) is 0 Å². The average molecular weight is 605 g/mol. The molecular weight excluding hydrogens is 579 g/mol. The number of amides is 1. The Labute approximate surface area is 252 Å². The number of pyridine rings is 1. The Morgan fingerprint density at radius 2 is 1.70 bits per heavy atom. The minimum absolute atomic E-state index is 0.0459. The molecule has 0 aliphatic carbocycles. The van der Waals surface area contributed by atoms with Crippen LogP contribution in [-0.2, 0) is 22.1 Å². The summed E-state index contributed by atoms with van der Waals surface area (Å²) < 4.78 is 44.1. The van der Waals surface area contributed by atoms with Gasteiger partial charge >= 0.3 is 0 Å². The van der Waals surface area contributed by atoms with Gasteiger partial charge in [-0.1, -0.05) is 11.8 Å². The summed E-state index contributed by atoms with van der Waals surface area (Å²) in [5.41, 5.74) is 9.89. The van der Waals surface area contributed by atoms with Gasteiger partial charge in [0.15, 0.2) is 9.84 Å². The molecule has 3 aromatic carbocycles. The number of aromatic nitrogens is 4. The Morgan fingerprint density at radius 3 is 2.50 bits per heavy atom. The summed E-state index contributed by atoms with van der Waals surface area (Å²) in [6, 6.07) is 22.2. The Kier molecular flexibility index (Phi) is 7.66. The third-order valence-corrected chi connectivity index (χ3v) is 8.52. The van der Waals surface area contributed by atoms with Crippen molar-refractivity contribution in [2.24, 2.45) is 0 Å². The fourth-order valence-electron chi connectivity index (χ4n) is 4.54. The molecule has 0 radical (unpaired) electrons. The molecule has 6 rings (SSSR count). The molecule has 218 valence electrons. The molecular formula is C33H25FN6O3S. The zero-order chi connectivity index (χ0) is 30.7. The lowest BCUT2D eigenvalue weighted by molar-refractivity contribution is 0.0950. The Morgan fingerprint density at radius 1 is 0.909 bits per heavy atom. The fourth-order valence-corrected chi connectivity index (χ4v) is 5.96. The van der Waals surface area contributed by atoms with E-state index < -0.39 is 21.6 Å². The van der Waals surface area contributed by atoms with E-state index in [1.807, 2.05) is 28.9 Å². The van der Waals surface area contributed by atoms with Crippen molar-refractivity contribution in [3.8, 4) is 17.5 Å². The third-order valence-electron chi connectivity index (χ3n) is 6.82. The van der Waals surface area contributed by atoms with Crippen LogP contribution >= 0.6 is 0 Å². The molecule has 0 saturated carbocycles. The summed E-state index contributed by atoms with van der Waals surface area (Å²) in [5.74, 6) is 4.56. The van der Waals surface area contributed by atoms with Crippen LogP contribution in [0.5, 0.6) is 0 Å². The van der Waals surface area contributed by atoms with Crippen LogP contribution < -0.4 is 11.1 Å². The molecule has 0 saturated heterocycles. The maximum Gasteiger partial charge on any atom is 0.251 e. The van der Waals surface area contributed by atoms with Gasteiger partial charge in [-0.2, -0.15) is 5.10 Å². The largest absolute Gasteiger partial charge is 0.399 e. The Bertz CT molecular complexity index is 2160. The number of rotatable bonds is 7. The van der Waals surface area contributed by atoms with Crippen molar-refractivity contribution in [2.45, 2.75) is 17.2 Å². The molecule has 0 fully saturated rings. The number of anilines is 1. The van der Waals surface area contributed by atoms with Crippen molar-refractivity contribution >= 4 is 27.1 Å². The number of carbonyl (C=O) groups excluding carboxylic acids is 1. The van der Waals surface area contributed by atoms with Crippen LogP contribution in [-0.4, -0.2) is 33.5 Å². The van der Waals surface area contributed by atoms with E-state index in [4.69, 9.17) is 5.73 Å². The Hall–Kier alpha value is -5.73. The summed E-state index contributed by atoms with van der Waals surface area (Å²) in [6.07, 6.45) is 7.04. The van der Waals surface area contributed by atoms with Gasteiger partial charge in [-0.3, -0.25) is 4.79 Å². The fraction of sp³-hybridized carbons (Fsp3) is 0.0606. The molecule has 0 atom stereocenters. The van der Waals surface area contributed by atoms with Crippen LogP contribution in [0.15, 0.2) is 115 Å². The SMILES string of the molecule is Nc1ccc(-n2ccc(CS(=O)(=O)c3ccc(C(=O)NCc4ccn5ccnc5c4)cc3C#Cc3ccc(F)cc3)n2)cc1. The molecule has 0 aliphatic rings. The number of hydrogen-bond acceptors (Lipinski definition) is 6. The molecule has 0 unspecified atom stereocenters.